The Morgan fingerprint density at radius 2 is 1.95 bits per heavy atom. The Morgan fingerprint density at radius 1 is 1.32 bits per heavy atom. The Kier molecular flexibility index (Phi) is 4.95. The standard InChI is InChI=1S/C15H19F3N2O2/c1-2-11-8-20(9-13(11)19)14(21)7-10-3-5-12(6-4-10)22-15(16,17)18/h3-6,11,13H,2,7-9,19H2,1H3/t11-,13-/m1/s1. The van der Waals surface area contributed by atoms with Crippen LogP contribution in [0.5, 0.6) is 5.75 Å². The fourth-order valence-electron chi connectivity index (χ4n) is 2.63. The summed E-state index contributed by atoms with van der Waals surface area (Å²) in [7, 11) is 0. The number of nitrogens with two attached hydrogens (primary N) is 1. The molecule has 0 aliphatic carbocycles. The summed E-state index contributed by atoms with van der Waals surface area (Å²) in [5, 5.41) is 0. The summed E-state index contributed by atoms with van der Waals surface area (Å²) in [6.45, 7) is 3.22. The predicted molar refractivity (Wildman–Crippen MR) is 75.2 cm³/mol. The Balaban J connectivity index is 1.92. The normalized spacial score (nSPS) is 22.0. The molecule has 1 fully saturated rings. The van der Waals surface area contributed by atoms with E-state index in [0.29, 0.717) is 24.6 Å². The van der Waals surface area contributed by atoms with E-state index >= 15 is 0 Å². The lowest BCUT2D eigenvalue weighted by atomic mass is 10.0. The number of carbonyl (C=O) groups excluding carboxylic acids is 1. The van der Waals surface area contributed by atoms with Gasteiger partial charge in [-0.25, -0.2) is 0 Å². The molecule has 1 saturated heterocycles. The van der Waals surface area contributed by atoms with Gasteiger partial charge >= 0.3 is 6.36 Å². The quantitative estimate of drug-likeness (QED) is 0.927. The highest BCUT2D eigenvalue weighted by atomic mass is 19.4. The molecule has 0 unspecified atom stereocenters. The number of carbonyl (C=O) groups is 1. The van der Waals surface area contributed by atoms with Crippen molar-refractivity contribution < 1.29 is 22.7 Å². The molecule has 0 saturated carbocycles. The van der Waals surface area contributed by atoms with Crippen LogP contribution >= 0.6 is 0 Å². The summed E-state index contributed by atoms with van der Waals surface area (Å²) < 4.78 is 40.0. The molecule has 2 atom stereocenters. The summed E-state index contributed by atoms with van der Waals surface area (Å²) in [6.07, 6.45) is -3.64. The van der Waals surface area contributed by atoms with Crippen molar-refractivity contribution in [3.63, 3.8) is 0 Å². The number of nitrogens with zero attached hydrogens (tertiary/aromatic N) is 1. The van der Waals surface area contributed by atoms with Crippen LogP contribution in [0.1, 0.15) is 18.9 Å². The van der Waals surface area contributed by atoms with Crippen LogP contribution < -0.4 is 10.5 Å². The largest absolute Gasteiger partial charge is 0.573 e. The zero-order chi connectivity index (χ0) is 16.3. The van der Waals surface area contributed by atoms with Crippen LogP contribution in [0.3, 0.4) is 0 Å². The summed E-state index contributed by atoms with van der Waals surface area (Å²) in [5.41, 5.74) is 6.62. The molecule has 1 aromatic rings. The molecule has 2 rings (SSSR count). The van der Waals surface area contributed by atoms with Gasteiger partial charge in [0.1, 0.15) is 5.75 Å². The number of likely N-dealkylation sites (tertiary alicyclic amines) is 1. The lowest BCUT2D eigenvalue weighted by Crippen LogP contribution is -2.33. The van der Waals surface area contributed by atoms with Crippen molar-refractivity contribution in [2.75, 3.05) is 13.1 Å². The first-order chi connectivity index (χ1) is 10.3. The van der Waals surface area contributed by atoms with Gasteiger partial charge in [0.15, 0.2) is 0 Å². The van der Waals surface area contributed by atoms with Crippen LogP contribution in [-0.4, -0.2) is 36.3 Å². The molecule has 0 aromatic heterocycles. The van der Waals surface area contributed by atoms with Crippen molar-refractivity contribution in [2.24, 2.45) is 11.7 Å². The molecular weight excluding hydrogens is 297 g/mol. The van der Waals surface area contributed by atoms with E-state index in [1.807, 2.05) is 6.92 Å². The fraction of sp³-hybridized carbons (Fsp3) is 0.533. The molecule has 122 valence electrons. The maximum atomic E-state index is 12.2. The summed E-state index contributed by atoms with van der Waals surface area (Å²) in [6, 6.07) is 5.34. The first-order valence-electron chi connectivity index (χ1n) is 7.16. The monoisotopic (exact) mass is 316 g/mol. The van der Waals surface area contributed by atoms with Crippen molar-refractivity contribution in [1.29, 1.82) is 0 Å². The van der Waals surface area contributed by atoms with Crippen LogP contribution in [0.4, 0.5) is 13.2 Å². The number of hydrogen-bond donors (Lipinski definition) is 1. The van der Waals surface area contributed by atoms with Crippen LogP contribution in [-0.2, 0) is 11.2 Å². The second-order valence-corrected chi connectivity index (χ2v) is 5.50. The van der Waals surface area contributed by atoms with E-state index in [-0.39, 0.29) is 24.1 Å². The highest BCUT2D eigenvalue weighted by molar-refractivity contribution is 5.79. The number of rotatable bonds is 4. The van der Waals surface area contributed by atoms with Crippen molar-refractivity contribution in [1.82, 2.24) is 4.90 Å². The zero-order valence-electron chi connectivity index (χ0n) is 12.3. The first-order valence-corrected chi connectivity index (χ1v) is 7.16. The second-order valence-electron chi connectivity index (χ2n) is 5.50. The highest BCUT2D eigenvalue weighted by Gasteiger charge is 2.32. The van der Waals surface area contributed by atoms with E-state index in [9.17, 15) is 18.0 Å². The van der Waals surface area contributed by atoms with Gasteiger partial charge in [0.2, 0.25) is 5.91 Å². The predicted octanol–water partition coefficient (Wildman–Crippen LogP) is 2.32. The zero-order valence-corrected chi connectivity index (χ0v) is 12.3. The lowest BCUT2D eigenvalue weighted by molar-refractivity contribution is -0.274. The first kappa shape index (κ1) is 16.6. The Morgan fingerprint density at radius 3 is 2.45 bits per heavy atom. The Bertz CT molecular complexity index is 517. The van der Waals surface area contributed by atoms with E-state index in [4.69, 9.17) is 5.73 Å². The van der Waals surface area contributed by atoms with Crippen molar-refractivity contribution in [3.05, 3.63) is 29.8 Å². The van der Waals surface area contributed by atoms with Gasteiger partial charge in [0, 0.05) is 19.1 Å². The number of benzene rings is 1. The number of amides is 1. The van der Waals surface area contributed by atoms with E-state index in [1.165, 1.54) is 24.3 Å². The lowest BCUT2D eigenvalue weighted by Gasteiger charge is -2.16. The molecule has 1 heterocycles. The van der Waals surface area contributed by atoms with Crippen LogP contribution in [0.15, 0.2) is 24.3 Å². The molecule has 0 radical (unpaired) electrons. The molecule has 1 aromatic carbocycles. The van der Waals surface area contributed by atoms with E-state index in [2.05, 4.69) is 4.74 Å². The third-order valence-electron chi connectivity index (χ3n) is 3.88. The molecule has 1 aliphatic rings. The molecular formula is C15H19F3N2O2. The minimum Gasteiger partial charge on any atom is -0.406 e. The van der Waals surface area contributed by atoms with Crippen molar-refractivity contribution in [3.8, 4) is 5.75 Å². The third-order valence-corrected chi connectivity index (χ3v) is 3.88. The van der Waals surface area contributed by atoms with E-state index in [1.54, 1.807) is 4.90 Å². The molecule has 1 aliphatic heterocycles. The minimum atomic E-state index is -4.71. The van der Waals surface area contributed by atoms with Crippen LogP contribution in [0.2, 0.25) is 0 Å². The van der Waals surface area contributed by atoms with Gasteiger partial charge in [-0.3, -0.25) is 4.79 Å². The van der Waals surface area contributed by atoms with Gasteiger partial charge in [0.05, 0.1) is 6.42 Å². The third kappa shape index (κ3) is 4.37. The molecule has 1 amide bonds. The fourth-order valence-corrected chi connectivity index (χ4v) is 2.63. The minimum absolute atomic E-state index is 0.00323. The smallest absolute Gasteiger partial charge is 0.406 e. The molecule has 4 nitrogen and oxygen atoms in total. The van der Waals surface area contributed by atoms with Gasteiger partial charge in [0.25, 0.3) is 0 Å². The van der Waals surface area contributed by atoms with Gasteiger partial charge in [-0.15, -0.1) is 13.2 Å². The highest BCUT2D eigenvalue weighted by Crippen LogP contribution is 2.23. The Hall–Kier alpha value is -1.76. The van der Waals surface area contributed by atoms with Crippen LogP contribution in [0.25, 0.3) is 0 Å². The number of ether oxygens (including phenoxy) is 1. The summed E-state index contributed by atoms with van der Waals surface area (Å²) in [5.74, 6) is -0.0413. The van der Waals surface area contributed by atoms with Gasteiger partial charge < -0.3 is 15.4 Å². The molecule has 0 bridgehead atoms. The van der Waals surface area contributed by atoms with E-state index in [0.717, 1.165) is 6.42 Å². The maximum absolute atomic E-state index is 12.2. The average molecular weight is 316 g/mol. The van der Waals surface area contributed by atoms with E-state index < -0.39 is 6.36 Å². The second kappa shape index (κ2) is 6.56. The summed E-state index contributed by atoms with van der Waals surface area (Å²) >= 11 is 0. The molecule has 0 spiro atoms. The van der Waals surface area contributed by atoms with Gasteiger partial charge in [-0.2, -0.15) is 0 Å². The topological polar surface area (TPSA) is 55.6 Å². The van der Waals surface area contributed by atoms with Crippen LogP contribution in [0, 0.1) is 5.92 Å². The SMILES string of the molecule is CC[C@@H]1CN(C(=O)Cc2ccc(OC(F)(F)F)cc2)C[C@H]1N. The maximum Gasteiger partial charge on any atom is 0.573 e. The molecule has 7 heteroatoms. The van der Waals surface area contributed by atoms with Gasteiger partial charge in [-0.1, -0.05) is 25.5 Å². The number of alkyl halides is 3. The molecule has 22 heavy (non-hydrogen) atoms. The van der Waals surface area contributed by atoms with Crippen molar-refractivity contribution >= 4 is 5.91 Å². The average Bonchev–Trinajstić information content (AvgIpc) is 2.81. The van der Waals surface area contributed by atoms with Crippen molar-refractivity contribution in [2.45, 2.75) is 32.2 Å². The number of halogens is 3. The van der Waals surface area contributed by atoms with Gasteiger partial charge in [-0.05, 0) is 23.6 Å². The Labute approximate surface area is 127 Å². The number of hydrogen-bond acceptors (Lipinski definition) is 3. The molecule has 2 N–H and O–H groups in total. The summed E-state index contributed by atoms with van der Waals surface area (Å²) in [4.78, 5) is 13.9.